The summed E-state index contributed by atoms with van der Waals surface area (Å²) in [5.74, 6) is 0.577. The lowest BCUT2D eigenvalue weighted by Crippen LogP contribution is -2.45. The molecule has 0 aromatic carbocycles. The van der Waals surface area contributed by atoms with Crippen LogP contribution < -0.4 is 0 Å². The molecule has 0 bridgehead atoms. The number of hydrogen-bond acceptors (Lipinski definition) is 3. The number of thioether (sulfide) groups is 1. The van der Waals surface area contributed by atoms with Crippen LogP contribution in [0.4, 0.5) is 0 Å². The molecule has 1 N–H and O–H groups in total. The Morgan fingerprint density at radius 2 is 1.83 bits per heavy atom. The van der Waals surface area contributed by atoms with Crippen LogP contribution in [0.25, 0.3) is 0 Å². The summed E-state index contributed by atoms with van der Waals surface area (Å²) in [4.78, 5) is 25.5. The van der Waals surface area contributed by atoms with Gasteiger partial charge in [-0.25, -0.2) is 0 Å². The highest BCUT2D eigenvalue weighted by atomic mass is 32.2. The van der Waals surface area contributed by atoms with Crippen molar-refractivity contribution in [2.24, 2.45) is 11.8 Å². The van der Waals surface area contributed by atoms with Gasteiger partial charge in [0, 0.05) is 18.8 Å². The molecule has 0 aromatic rings. The van der Waals surface area contributed by atoms with E-state index in [0.717, 1.165) is 37.2 Å². The first-order valence-corrected chi connectivity index (χ1v) is 7.84. The quantitative estimate of drug-likeness (QED) is 0.851. The number of carboxylic acid groups (broad SMARTS) is 1. The normalized spacial score (nSPS) is 32.2. The zero-order chi connectivity index (χ0) is 13.1. The Morgan fingerprint density at radius 1 is 1.17 bits per heavy atom. The van der Waals surface area contributed by atoms with Gasteiger partial charge in [0.05, 0.1) is 11.8 Å². The zero-order valence-electron chi connectivity index (χ0n) is 10.8. The van der Waals surface area contributed by atoms with Crippen LogP contribution in [0.3, 0.4) is 0 Å². The molecule has 1 heterocycles. The minimum absolute atomic E-state index is 0.0506. The van der Waals surface area contributed by atoms with Crippen LogP contribution in [0.15, 0.2) is 0 Å². The van der Waals surface area contributed by atoms with E-state index in [4.69, 9.17) is 0 Å². The van der Waals surface area contributed by atoms with Crippen molar-refractivity contribution in [1.29, 1.82) is 0 Å². The summed E-state index contributed by atoms with van der Waals surface area (Å²) in [6.45, 7) is 0. The summed E-state index contributed by atoms with van der Waals surface area (Å²) in [5.41, 5.74) is 0. The Kier molecular flexibility index (Phi) is 4.54. The summed E-state index contributed by atoms with van der Waals surface area (Å²) in [7, 11) is 1.84. The van der Waals surface area contributed by atoms with Crippen molar-refractivity contribution >= 4 is 23.6 Å². The maximum atomic E-state index is 12.5. The van der Waals surface area contributed by atoms with Gasteiger partial charge in [-0.15, -0.1) is 0 Å². The Morgan fingerprint density at radius 3 is 2.39 bits per heavy atom. The van der Waals surface area contributed by atoms with Crippen molar-refractivity contribution in [3.8, 4) is 0 Å². The van der Waals surface area contributed by atoms with Gasteiger partial charge in [0.1, 0.15) is 0 Å². The van der Waals surface area contributed by atoms with E-state index in [2.05, 4.69) is 0 Å². The van der Waals surface area contributed by atoms with E-state index in [0.29, 0.717) is 12.5 Å². The first-order valence-electron chi connectivity index (χ1n) is 6.68. The highest BCUT2D eigenvalue weighted by molar-refractivity contribution is 7.99. The number of rotatable bonds is 3. The maximum absolute atomic E-state index is 12.5. The third kappa shape index (κ3) is 2.82. The summed E-state index contributed by atoms with van der Waals surface area (Å²) >= 11 is 1.87. The van der Waals surface area contributed by atoms with Crippen molar-refractivity contribution in [1.82, 2.24) is 4.90 Å². The largest absolute Gasteiger partial charge is 0.481 e. The lowest BCUT2D eigenvalue weighted by Gasteiger charge is -2.33. The van der Waals surface area contributed by atoms with E-state index in [9.17, 15) is 14.7 Å². The second kappa shape index (κ2) is 5.95. The maximum Gasteiger partial charge on any atom is 0.307 e. The average molecular weight is 271 g/mol. The van der Waals surface area contributed by atoms with Crippen LogP contribution in [0.5, 0.6) is 0 Å². The van der Waals surface area contributed by atoms with Crippen molar-refractivity contribution in [2.45, 2.75) is 38.1 Å². The fourth-order valence-corrected chi connectivity index (χ4v) is 4.26. The van der Waals surface area contributed by atoms with Gasteiger partial charge in [0.2, 0.25) is 5.91 Å². The van der Waals surface area contributed by atoms with E-state index < -0.39 is 11.9 Å². The lowest BCUT2D eigenvalue weighted by molar-refractivity contribution is -0.152. The van der Waals surface area contributed by atoms with E-state index in [1.54, 1.807) is 0 Å². The predicted molar refractivity (Wildman–Crippen MR) is 71.6 cm³/mol. The summed E-state index contributed by atoms with van der Waals surface area (Å²) in [6, 6.07) is 0.305. The molecule has 5 heteroatoms. The Hall–Kier alpha value is -0.710. The number of carbonyl (C=O) groups excluding carboxylic acids is 1. The fraction of sp³-hybridized carbons (Fsp3) is 0.846. The molecule has 1 aliphatic carbocycles. The topological polar surface area (TPSA) is 57.6 Å². The van der Waals surface area contributed by atoms with Gasteiger partial charge >= 0.3 is 5.97 Å². The monoisotopic (exact) mass is 271 g/mol. The molecule has 2 rings (SSSR count). The summed E-state index contributed by atoms with van der Waals surface area (Å²) in [6.07, 6.45) is 4.34. The second-order valence-corrected chi connectivity index (χ2v) is 6.45. The molecule has 1 amide bonds. The van der Waals surface area contributed by atoms with Crippen LogP contribution in [0.2, 0.25) is 0 Å². The Bertz CT molecular complexity index is 328. The predicted octanol–water partition coefficient (Wildman–Crippen LogP) is 1.84. The molecule has 4 nitrogen and oxygen atoms in total. The SMILES string of the molecule is CN(C(=O)[C@@H]1CCCC[C@@H]1C(=O)O)C1CCSC1. The second-order valence-electron chi connectivity index (χ2n) is 5.30. The highest BCUT2D eigenvalue weighted by Gasteiger charge is 2.38. The third-order valence-corrected chi connectivity index (χ3v) is 5.35. The number of carboxylic acids is 1. The van der Waals surface area contributed by atoms with Crippen LogP contribution in [-0.2, 0) is 9.59 Å². The van der Waals surface area contributed by atoms with Gasteiger partial charge < -0.3 is 10.0 Å². The molecule has 1 saturated carbocycles. The molecule has 3 atom stereocenters. The third-order valence-electron chi connectivity index (χ3n) is 4.20. The molecular weight excluding hydrogens is 250 g/mol. The zero-order valence-corrected chi connectivity index (χ0v) is 11.6. The standard InChI is InChI=1S/C13H21NO3S/c1-14(9-6-7-18-8-9)12(15)10-4-2-3-5-11(10)13(16)17/h9-11H,2-8H2,1H3,(H,16,17)/t9?,10-,11+/m1/s1. The fourth-order valence-electron chi connectivity index (χ4n) is 2.99. The van der Waals surface area contributed by atoms with Gasteiger partial charge in [-0.1, -0.05) is 12.8 Å². The summed E-state index contributed by atoms with van der Waals surface area (Å²) < 4.78 is 0. The van der Waals surface area contributed by atoms with E-state index in [-0.39, 0.29) is 11.8 Å². The van der Waals surface area contributed by atoms with Gasteiger partial charge in [-0.2, -0.15) is 11.8 Å². The van der Waals surface area contributed by atoms with Gasteiger partial charge in [0.15, 0.2) is 0 Å². The molecule has 1 aliphatic heterocycles. The Labute approximate surface area is 112 Å². The van der Waals surface area contributed by atoms with Gasteiger partial charge in [-0.05, 0) is 25.0 Å². The van der Waals surface area contributed by atoms with Crippen LogP contribution >= 0.6 is 11.8 Å². The summed E-state index contributed by atoms with van der Waals surface area (Å²) in [5, 5.41) is 9.23. The Balaban J connectivity index is 2.03. The molecule has 18 heavy (non-hydrogen) atoms. The molecule has 2 aliphatic rings. The molecular formula is C13H21NO3S. The number of nitrogens with zero attached hydrogens (tertiary/aromatic N) is 1. The van der Waals surface area contributed by atoms with E-state index in [1.165, 1.54) is 0 Å². The van der Waals surface area contributed by atoms with Crippen molar-refractivity contribution < 1.29 is 14.7 Å². The van der Waals surface area contributed by atoms with Crippen molar-refractivity contribution in [2.75, 3.05) is 18.6 Å². The molecule has 1 unspecified atom stereocenters. The van der Waals surface area contributed by atoms with Crippen molar-refractivity contribution in [3.05, 3.63) is 0 Å². The first-order chi connectivity index (χ1) is 8.61. The molecule has 1 saturated heterocycles. The smallest absolute Gasteiger partial charge is 0.307 e. The number of hydrogen-bond donors (Lipinski definition) is 1. The van der Waals surface area contributed by atoms with E-state index >= 15 is 0 Å². The highest BCUT2D eigenvalue weighted by Crippen LogP contribution is 2.33. The molecule has 0 radical (unpaired) electrons. The minimum atomic E-state index is -0.803. The average Bonchev–Trinajstić information content (AvgIpc) is 2.90. The number of aliphatic carboxylic acids is 1. The van der Waals surface area contributed by atoms with Crippen LogP contribution in [0.1, 0.15) is 32.1 Å². The number of carbonyl (C=O) groups is 2. The van der Waals surface area contributed by atoms with Crippen LogP contribution in [0, 0.1) is 11.8 Å². The van der Waals surface area contributed by atoms with Crippen molar-refractivity contribution in [3.63, 3.8) is 0 Å². The lowest BCUT2D eigenvalue weighted by atomic mass is 9.78. The van der Waals surface area contributed by atoms with Gasteiger partial charge in [0.25, 0.3) is 0 Å². The first kappa shape index (κ1) is 13.7. The van der Waals surface area contributed by atoms with Crippen LogP contribution in [-0.4, -0.2) is 46.5 Å². The number of amides is 1. The van der Waals surface area contributed by atoms with Gasteiger partial charge in [-0.3, -0.25) is 9.59 Å². The molecule has 102 valence electrons. The molecule has 0 spiro atoms. The molecule has 0 aromatic heterocycles. The minimum Gasteiger partial charge on any atom is -0.481 e. The molecule has 2 fully saturated rings. The van der Waals surface area contributed by atoms with E-state index in [1.807, 2.05) is 23.7 Å².